The number of hydrogen-bond donors (Lipinski definition) is 2. The lowest BCUT2D eigenvalue weighted by molar-refractivity contribution is 0.102. The van der Waals surface area contributed by atoms with Crippen molar-refractivity contribution in [1.29, 1.82) is 0 Å². The Bertz CT molecular complexity index is 563. The van der Waals surface area contributed by atoms with Crippen molar-refractivity contribution in [3.8, 4) is 0 Å². The molecule has 0 unspecified atom stereocenters. The zero-order chi connectivity index (χ0) is 13.1. The topological polar surface area (TPSA) is 57.8 Å². The van der Waals surface area contributed by atoms with Crippen molar-refractivity contribution in [3.63, 3.8) is 0 Å². The Morgan fingerprint density at radius 2 is 2.11 bits per heavy atom. The molecule has 0 spiro atoms. The number of hydrogen-bond acceptors (Lipinski definition) is 2. The third-order valence-corrected chi connectivity index (χ3v) is 2.57. The average molecular weight is 247 g/mol. The monoisotopic (exact) mass is 247 g/mol. The maximum atomic E-state index is 13.4. The highest BCUT2D eigenvalue weighted by atomic mass is 19.1. The van der Waals surface area contributed by atoms with E-state index in [0.717, 1.165) is 5.69 Å². The summed E-state index contributed by atoms with van der Waals surface area (Å²) in [5.41, 5.74) is 1.27. The smallest absolute Gasteiger partial charge is 0.276 e. The minimum Gasteiger partial charge on any atom is -0.318 e. The summed E-state index contributed by atoms with van der Waals surface area (Å²) in [5.74, 6) is -0.638. The Labute approximate surface area is 104 Å². The number of amides is 1. The second-order valence-electron chi connectivity index (χ2n) is 4.30. The number of carbonyl (C=O) groups excluding carboxylic acids is 1. The Morgan fingerprint density at radius 3 is 2.72 bits per heavy atom. The molecule has 1 heterocycles. The van der Waals surface area contributed by atoms with Crippen molar-refractivity contribution in [2.75, 3.05) is 5.32 Å². The normalized spacial score (nSPS) is 10.7. The molecule has 1 aromatic heterocycles. The lowest BCUT2D eigenvalue weighted by Crippen LogP contribution is -2.13. The van der Waals surface area contributed by atoms with Crippen molar-refractivity contribution in [2.24, 2.45) is 0 Å². The van der Waals surface area contributed by atoms with Gasteiger partial charge in [-0.2, -0.15) is 5.10 Å². The molecule has 1 amide bonds. The Morgan fingerprint density at radius 1 is 1.39 bits per heavy atom. The highest BCUT2D eigenvalue weighted by molar-refractivity contribution is 6.02. The Balaban J connectivity index is 2.15. The summed E-state index contributed by atoms with van der Waals surface area (Å²) >= 11 is 0. The molecule has 5 heteroatoms. The second-order valence-corrected chi connectivity index (χ2v) is 4.30. The summed E-state index contributed by atoms with van der Waals surface area (Å²) < 4.78 is 13.4. The fourth-order valence-electron chi connectivity index (χ4n) is 1.50. The first kappa shape index (κ1) is 12.3. The predicted molar refractivity (Wildman–Crippen MR) is 67.0 cm³/mol. The average Bonchev–Trinajstić information content (AvgIpc) is 2.81. The maximum absolute atomic E-state index is 13.4. The fourth-order valence-corrected chi connectivity index (χ4v) is 1.50. The van der Waals surface area contributed by atoms with Crippen LogP contribution in [-0.4, -0.2) is 16.1 Å². The van der Waals surface area contributed by atoms with E-state index >= 15 is 0 Å². The number of anilines is 1. The molecule has 4 nitrogen and oxygen atoms in total. The van der Waals surface area contributed by atoms with Gasteiger partial charge in [-0.05, 0) is 24.1 Å². The number of nitrogens with one attached hydrogen (secondary N) is 2. The predicted octanol–water partition coefficient (Wildman–Crippen LogP) is 2.92. The van der Waals surface area contributed by atoms with Crippen LogP contribution in [0.4, 0.5) is 10.1 Å². The summed E-state index contributed by atoms with van der Waals surface area (Å²) in [6.07, 6.45) is 0. The third kappa shape index (κ3) is 2.56. The molecule has 0 bridgehead atoms. The molecule has 1 aromatic carbocycles. The van der Waals surface area contributed by atoms with E-state index in [4.69, 9.17) is 0 Å². The first-order valence-electron chi connectivity index (χ1n) is 5.69. The van der Waals surface area contributed by atoms with Gasteiger partial charge in [0, 0.05) is 5.69 Å². The molecule has 0 aliphatic carbocycles. The van der Waals surface area contributed by atoms with Crippen molar-refractivity contribution in [2.45, 2.75) is 19.8 Å². The number of nitrogens with zero attached hydrogens (tertiary/aromatic N) is 1. The zero-order valence-corrected chi connectivity index (χ0v) is 10.2. The highest BCUT2D eigenvalue weighted by Gasteiger charge is 2.13. The van der Waals surface area contributed by atoms with Crippen LogP contribution in [0.1, 0.15) is 35.9 Å². The van der Waals surface area contributed by atoms with Gasteiger partial charge in [0.2, 0.25) is 0 Å². The van der Waals surface area contributed by atoms with Gasteiger partial charge in [0.05, 0.1) is 5.69 Å². The molecule has 2 N–H and O–H groups in total. The molecule has 2 rings (SSSR count). The standard InChI is InChI=1S/C13H14FN3O/c1-8(2)11-7-12(17-16-11)13(18)15-10-6-4-3-5-9(10)14/h3-8H,1-2H3,(H,15,18)(H,16,17). The first-order chi connectivity index (χ1) is 8.58. The third-order valence-electron chi connectivity index (χ3n) is 2.57. The number of rotatable bonds is 3. The van der Waals surface area contributed by atoms with Crippen LogP contribution in [0, 0.1) is 5.82 Å². The quantitative estimate of drug-likeness (QED) is 0.876. The van der Waals surface area contributed by atoms with E-state index in [2.05, 4.69) is 15.5 Å². The molecule has 0 atom stereocenters. The summed E-state index contributed by atoms with van der Waals surface area (Å²) in [6.45, 7) is 3.98. The van der Waals surface area contributed by atoms with Gasteiger partial charge in [-0.25, -0.2) is 4.39 Å². The molecule has 94 valence electrons. The number of aromatic nitrogens is 2. The van der Waals surface area contributed by atoms with Gasteiger partial charge in [0.15, 0.2) is 5.69 Å². The van der Waals surface area contributed by atoms with Crippen LogP contribution in [0.2, 0.25) is 0 Å². The molecular weight excluding hydrogens is 233 g/mol. The van der Waals surface area contributed by atoms with Crippen LogP contribution in [0.25, 0.3) is 0 Å². The Kier molecular flexibility index (Phi) is 3.41. The molecule has 0 saturated carbocycles. The van der Waals surface area contributed by atoms with Crippen molar-refractivity contribution < 1.29 is 9.18 Å². The van der Waals surface area contributed by atoms with Crippen molar-refractivity contribution in [1.82, 2.24) is 10.2 Å². The molecule has 18 heavy (non-hydrogen) atoms. The van der Waals surface area contributed by atoms with Crippen LogP contribution in [0.3, 0.4) is 0 Å². The van der Waals surface area contributed by atoms with E-state index in [1.165, 1.54) is 12.1 Å². The van der Waals surface area contributed by atoms with Gasteiger partial charge in [-0.3, -0.25) is 9.89 Å². The molecule has 0 aliphatic rings. The van der Waals surface area contributed by atoms with Gasteiger partial charge >= 0.3 is 0 Å². The number of para-hydroxylation sites is 1. The number of halogens is 1. The van der Waals surface area contributed by atoms with Gasteiger partial charge < -0.3 is 5.32 Å². The second kappa shape index (κ2) is 5.00. The van der Waals surface area contributed by atoms with Crippen molar-refractivity contribution in [3.05, 3.63) is 47.5 Å². The van der Waals surface area contributed by atoms with Crippen LogP contribution < -0.4 is 5.32 Å². The molecule has 0 radical (unpaired) electrons. The molecule has 0 fully saturated rings. The van der Waals surface area contributed by atoms with E-state index < -0.39 is 11.7 Å². The number of carbonyl (C=O) groups is 1. The summed E-state index contributed by atoms with van der Waals surface area (Å²) in [4.78, 5) is 11.8. The van der Waals surface area contributed by atoms with Crippen molar-refractivity contribution >= 4 is 11.6 Å². The molecule has 0 saturated heterocycles. The van der Waals surface area contributed by atoms with Gasteiger partial charge in [0.1, 0.15) is 5.82 Å². The summed E-state index contributed by atoms with van der Waals surface area (Å²) in [7, 11) is 0. The van der Waals surface area contributed by atoms with E-state index in [0.29, 0.717) is 0 Å². The van der Waals surface area contributed by atoms with E-state index in [1.807, 2.05) is 13.8 Å². The zero-order valence-electron chi connectivity index (χ0n) is 10.2. The lowest BCUT2D eigenvalue weighted by atomic mass is 10.1. The largest absolute Gasteiger partial charge is 0.318 e. The van der Waals surface area contributed by atoms with Crippen LogP contribution in [0.15, 0.2) is 30.3 Å². The summed E-state index contributed by atoms with van der Waals surface area (Å²) in [6, 6.07) is 7.68. The minimum atomic E-state index is -0.467. The fraction of sp³-hybridized carbons (Fsp3) is 0.231. The van der Waals surface area contributed by atoms with Crippen LogP contribution in [0.5, 0.6) is 0 Å². The van der Waals surface area contributed by atoms with Gasteiger partial charge in [-0.15, -0.1) is 0 Å². The number of benzene rings is 1. The lowest BCUT2D eigenvalue weighted by Gasteiger charge is -2.03. The van der Waals surface area contributed by atoms with Gasteiger partial charge in [-0.1, -0.05) is 26.0 Å². The molecular formula is C13H14FN3O. The molecule has 2 aromatic rings. The first-order valence-corrected chi connectivity index (χ1v) is 5.69. The molecule has 0 aliphatic heterocycles. The summed E-state index contributed by atoms with van der Waals surface area (Å²) in [5, 5.41) is 9.17. The van der Waals surface area contributed by atoms with Gasteiger partial charge in [0.25, 0.3) is 5.91 Å². The minimum absolute atomic E-state index is 0.150. The Hall–Kier alpha value is -2.17. The van der Waals surface area contributed by atoms with E-state index in [-0.39, 0.29) is 17.3 Å². The van der Waals surface area contributed by atoms with E-state index in [9.17, 15) is 9.18 Å². The van der Waals surface area contributed by atoms with Crippen LogP contribution in [-0.2, 0) is 0 Å². The number of aromatic amines is 1. The highest BCUT2D eigenvalue weighted by Crippen LogP contribution is 2.15. The van der Waals surface area contributed by atoms with Crippen LogP contribution >= 0.6 is 0 Å². The van der Waals surface area contributed by atoms with E-state index in [1.54, 1.807) is 18.2 Å². The SMILES string of the molecule is CC(C)c1cc(C(=O)Nc2ccccc2F)n[nH]1. The number of H-pyrrole nitrogens is 1. The maximum Gasteiger partial charge on any atom is 0.276 e.